The van der Waals surface area contributed by atoms with E-state index >= 15 is 0 Å². The Kier molecular flexibility index (Phi) is 8.26. The monoisotopic (exact) mass is 282 g/mol. The van der Waals surface area contributed by atoms with E-state index in [9.17, 15) is 0 Å². The summed E-state index contributed by atoms with van der Waals surface area (Å²) in [4.78, 5) is 2.21. The van der Waals surface area contributed by atoms with E-state index in [1.54, 1.807) is 0 Å². The average Bonchev–Trinajstić information content (AvgIpc) is 2.87. The quantitative estimate of drug-likeness (QED) is 0.675. The van der Waals surface area contributed by atoms with Gasteiger partial charge in [-0.25, -0.2) is 0 Å². The molecule has 116 valence electrons. The van der Waals surface area contributed by atoms with Crippen molar-refractivity contribution < 1.29 is 4.42 Å². The molecule has 0 amide bonds. The molecule has 0 aliphatic rings. The molecule has 0 saturated heterocycles. The molecule has 0 atom stereocenters. The lowest BCUT2D eigenvalue weighted by Crippen LogP contribution is -2.25. The van der Waals surface area contributed by atoms with Gasteiger partial charge in [0.2, 0.25) is 5.89 Å². The fraction of sp³-hybridized carbons (Fsp3) is 0.867. The Labute approximate surface area is 123 Å². The molecule has 1 heterocycles. The normalized spacial score (nSPS) is 11.2. The SMILES string of the molecule is CCCCN(CCCC)c1nnc(CNCC(C)C)o1. The standard InChI is InChI=1S/C15H30N4O/c1-5-7-9-19(10-8-6-2)15-18-17-14(20-15)12-16-11-13(3)4/h13,16H,5-12H2,1-4H3. The van der Waals surface area contributed by atoms with E-state index in [0.717, 1.165) is 32.5 Å². The average molecular weight is 282 g/mol. The van der Waals surface area contributed by atoms with Gasteiger partial charge in [0.15, 0.2) is 0 Å². The first kappa shape index (κ1) is 17.0. The van der Waals surface area contributed by atoms with Gasteiger partial charge in [0.25, 0.3) is 0 Å². The predicted octanol–water partition coefficient (Wildman–Crippen LogP) is 3.22. The molecule has 0 bridgehead atoms. The first-order valence-electron chi connectivity index (χ1n) is 7.95. The van der Waals surface area contributed by atoms with Crippen molar-refractivity contribution in [3.05, 3.63) is 5.89 Å². The molecular weight excluding hydrogens is 252 g/mol. The minimum Gasteiger partial charge on any atom is -0.407 e. The molecule has 1 rings (SSSR count). The molecule has 1 N–H and O–H groups in total. The molecular formula is C15H30N4O. The molecule has 1 aromatic rings. The molecule has 20 heavy (non-hydrogen) atoms. The molecule has 0 spiro atoms. The number of hydrogen-bond acceptors (Lipinski definition) is 5. The van der Waals surface area contributed by atoms with Crippen LogP contribution >= 0.6 is 0 Å². The van der Waals surface area contributed by atoms with Crippen LogP contribution in [0.3, 0.4) is 0 Å². The predicted molar refractivity (Wildman–Crippen MR) is 82.9 cm³/mol. The smallest absolute Gasteiger partial charge is 0.318 e. The van der Waals surface area contributed by atoms with Gasteiger partial charge in [0.05, 0.1) is 6.54 Å². The van der Waals surface area contributed by atoms with E-state index in [1.807, 2.05) is 0 Å². The van der Waals surface area contributed by atoms with E-state index in [0.29, 0.717) is 24.4 Å². The summed E-state index contributed by atoms with van der Waals surface area (Å²) in [6.07, 6.45) is 4.68. The summed E-state index contributed by atoms with van der Waals surface area (Å²) in [6.45, 7) is 12.4. The second-order valence-corrected chi connectivity index (χ2v) is 5.70. The van der Waals surface area contributed by atoms with E-state index in [-0.39, 0.29) is 0 Å². The van der Waals surface area contributed by atoms with Crippen molar-refractivity contribution in [2.75, 3.05) is 24.5 Å². The van der Waals surface area contributed by atoms with E-state index in [1.165, 1.54) is 12.8 Å². The number of aromatic nitrogens is 2. The van der Waals surface area contributed by atoms with Gasteiger partial charge in [-0.2, -0.15) is 0 Å². The third-order valence-electron chi connectivity index (χ3n) is 3.12. The molecule has 0 fully saturated rings. The van der Waals surface area contributed by atoms with E-state index in [2.05, 4.69) is 48.1 Å². The van der Waals surface area contributed by atoms with Crippen LogP contribution < -0.4 is 10.2 Å². The summed E-state index contributed by atoms with van der Waals surface area (Å²) in [7, 11) is 0. The third-order valence-corrected chi connectivity index (χ3v) is 3.12. The lowest BCUT2D eigenvalue weighted by molar-refractivity contribution is 0.444. The topological polar surface area (TPSA) is 54.2 Å². The molecule has 0 unspecified atom stereocenters. The number of unbranched alkanes of at least 4 members (excludes halogenated alkanes) is 2. The summed E-state index contributed by atoms with van der Waals surface area (Å²) in [5.41, 5.74) is 0. The molecule has 5 nitrogen and oxygen atoms in total. The molecule has 5 heteroatoms. The second kappa shape index (κ2) is 9.75. The van der Waals surface area contributed by atoms with Crippen LogP contribution in [0.4, 0.5) is 6.01 Å². The van der Waals surface area contributed by atoms with Crippen molar-refractivity contribution in [3.63, 3.8) is 0 Å². The number of rotatable bonds is 11. The highest BCUT2D eigenvalue weighted by Gasteiger charge is 2.13. The van der Waals surface area contributed by atoms with Crippen LogP contribution in [-0.2, 0) is 6.54 Å². The molecule has 0 radical (unpaired) electrons. The van der Waals surface area contributed by atoms with Gasteiger partial charge in [0, 0.05) is 13.1 Å². The van der Waals surface area contributed by atoms with Crippen molar-refractivity contribution in [3.8, 4) is 0 Å². The molecule has 0 saturated carbocycles. The highest BCUT2D eigenvalue weighted by atomic mass is 16.4. The Balaban J connectivity index is 2.50. The summed E-state index contributed by atoms with van der Waals surface area (Å²) in [5.74, 6) is 1.31. The highest BCUT2D eigenvalue weighted by Crippen LogP contribution is 2.14. The van der Waals surface area contributed by atoms with Gasteiger partial charge in [0.1, 0.15) is 0 Å². The van der Waals surface area contributed by atoms with Crippen LogP contribution in [0.25, 0.3) is 0 Å². The zero-order valence-corrected chi connectivity index (χ0v) is 13.5. The maximum absolute atomic E-state index is 5.76. The van der Waals surface area contributed by atoms with Crippen LogP contribution in [0.15, 0.2) is 4.42 Å². The molecule has 0 aromatic carbocycles. The number of nitrogens with zero attached hydrogens (tertiary/aromatic N) is 3. The molecule has 0 aliphatic carbocycles. The maximum Gasteiger partial charge on any atom is 0.318 e. The Morgan fingerprint density at radius 1 is 1.10 bits per heavy atom. The zero-order valence-electron chi connectivity index (χ0n) is 13.5. The van der Waals surface area contributed by atoms with Gasteiger partial charge < -0.3 is 14.6 Å². The van der Waals surface area contributed by atoms with Crippen LogP contribution in [0.2, 0.25) is 0 Å². The fourth-order valence-corrected chi connectivity index (χ4v) is 1.91. The van der Waals surface area contributed by atoms with E-state index in [4.69, 9.17) is 4.42 Å². The van der Waals surface area contributed by atoms with Crippen molar-refractivity contribution >= 4 is 6.01 Å². The first-order chi connectivity index (χ1) is 9.67. The molecule has 0 aliphatic heterocycles. The van der Waals surface area contributed by atoms with Crippen LogP contribution in [0, 0.1) is 5.92 Å². The summed E-state index contributed by atoms with van der Waals surface area (Å²) < 4.78 is 5.76. The minimum absolute atomic E-state index is 0.628. The largest absolute Gasteiger partial charge is 0.407 e. The number of nitrogens with one attached hydrogen (secondary N) is 1. The lowest BCUT2D eigenvalue weighted by Gasteiger charge is -2.19. The fourth-order valence-electron chi connectivity index (χ4n) is 1.91. The Morgan fingerprint density at radius 2 is 1.75 bits per heavy atom. The summed E-state index contributed by atoms with van der Waals surface area (Å²) in [5, 5.41) is 11.6. The van der Waals surface area contributed by atoms with Gasteiger partial charge in [-0.15, -0.1) is 5.10 Å². The first-order valence-corrected chi connectivity index (χ1v) is 7.95. The Morgan fingerprint density at radius 3 is 2.30 bits per heavy atom. The van der Waals surface area contributed by atoms with Gasteiger partial charge in [-0.1, -0.05) is 45.6 Å². The summed E-state index contributed by atoms with van der Waals surface area (Å²) in [6, 6.07) is 0.674. The van der Waals surface area contributed by atoms with Crippen molar-refractivity contribution in [1.29, 1.82) is 0 Å². The van der Waals surface area contributed by atoms with Crippen LogP contribution in [-0.4, -0.2) is 29.8 Å². The number of anilines is 1. The van der Waals surface area contributed by atoms with Crippen molar-refractivity contribution in [1.82, 2.24) is 15.5 Å². The molecule has 1 aromatic heterocycles. The van der Waals surface area contributed by atoms with Gasteiger partial charge >= 0.3 is 6.01 Å². The second-order valence-electron chi connectivity index (χ2n) is 5.70. The lowest BCUT2D eigenvalue weighted by atomic mass is 10.2. The van der Waals surface area contributed by atoms with Crippen LogP contribution in [0.1, 0.15) is 59.3 Å². The van der Waals surface area contributed by atoms with Crippen molar-refractivity contribution in [2.24, 2.45) is 5.92 Å². The van der Waals surface area contributed by atoms with Crippen LogP contribution in [0.5, 0.6) is 0 Å². The third kappa shape index (κ3) is 6.37. The van der Waals surface area contributed by atoms with E-state index < -0.39 is 0 Å². The number of hydrogen-bond donors (Lipinski definition) is 1. The minimum atomic E-state index is 0.628. The Bertz CT molecular complexity index is 343. The summed E-state index contributed by atoms with van der Waals surface area (Å²) >= 11 is 0. The van der Waals surface area contributed by atoms with Gasteiger partial charge in [-0.05, 0) is 25.3 Å². The van der Waals surface area contributed by atoms with Crippen molar-refractivity contribution in [2.45, 2.75) is 59.9 Å². The highest BCUT2D eigenvalue weighted by molar-refractivity contribution is 5.23. The van der Waals surface area contributed by atoms with Gasteiger partial charge in [-0.3, -0.25) is 0 Å². The Hall–Kier alpha value is -1.10. The zero-order chi connectivity index (χ0) is 14.8. The maximum atomic E-state index is 5.76.